The van der Waals surface area contributed by atoms with E-state index in [1.807, 2.05) is 0 Å². The maximum atomic E-state index is 12.1. The highest BCUT2D eigenvalue weighted by atomic mass is 32.2. The number of hydrogen-bond donors (Lipinski definition) is 2. The fourth-order valence-electron chi connectivity index (χ4n) is 5.22. The highest BCUT2D eigenvalue weighted by Gasteiger charge is 2.61. The molecule has 0 unspecified atom stereocenters. The van der Waals surface area contributed by atoms with Gasteiger partial charge in [-0.05, 0) is 35.4 Å². The zero-order chi connectivity index (χ0) is 25.3. The van der Waals surface area contributed by atoms with Gasteiger partial charge in [-0.2, -0.15) is 16.8 Å². The van der Waals surface area contributed by atoms with Gasteiger partial charge in [-0.3, -0.25) is 9.11 Å². The first kappa shape index (κ1) is 23.0. The van der Waals surface area contributed by atoms with Crippen LogP contribution in [0.25, 0.3) is 0 Å². The van der Waals surface area contributed by atoms with Gasteiger partial charge >= 0.3 is 0 Å². The van der Waals surface area contributed by atoms with E-state index in [9.17, 15) is 25.9 Å². The molecule has 2 heterocycles. The van der Waals surface area contributed by atoms with Crippen LogP contribution in [0.2, 0.25) is 0 Å². The summed E-state index contributed by atoms with van der Waals surface area (Å²) >= 11 is 0. The molecule has 8 nitrogen and oxygen atoms in total. The summed E-state index contributed by atoms with van der Waals surface area (Å²) in [5, 5.41) is 0. The Morgan fingerprint density at radius 2 is 0.861 bits per heavy atom. The van der Waals surface area contributed by atoms with Crippen LogP contribution in [-0.2, 0) is 41.2 Å². The van der Waals surface area contributed by atoms with E-state index in [1.165, 1.54) is 36.4 Å². The average Bonchev–Trinajstić information content (AvgIpc) is 2.88. The van der Waals surface area contributed by atoms with Crippen molar-refractivity contribution in [2.24, 2.45) is 0 Å². The molecule has 1 aliphatic carbocycles. The summed E-state index contributed by atoms with van der Waals surface area (Å²) in [5.74, 6) is 0. The van der Waals surface area contributed by atoms with Gasteiger partial charge in [0.2, 0.25) is 0 Å². The van der Waals surface area contributed by atoms with E-state index in [2.05, 4.69) is 0 Å². The maximum absolute atomic E-state index is 12.1. The Bertz CT molecular complexity index is 1600. The van der Waals surface area contributed by atoms with Crippen LogP contribution in [0.4, 0.5) is 0 Å². The molecule has 182 valence electrons. The number of hydrogen-bond acceptors (Lipinski definition) is 6. The van der Waals surface area contributed by atoms with Crippen molar-refractivity contribution in [3.8, 4) is 0 Å². The molecule has 2 N–H and O–H groups in total. The van der Waals surface area contributed by atoms with Gasteiger partial charge in [0, 0.05) is 22.3 Å². The molecule has 0 fully saturated rings. The first-order valence-electron chi connectivity index (χ1n) is 10.8. The first-order valence-corrected chi connectivity index (χ1v) is 13.7. The average molecular weight is 523 g/mol. The van der Waals surface area contributed by atoms with Gasteiger partial charge in [0.25, 0.3) is 20.2 Å². The molecule has 36 heavy (non-hydrogen) atoms. The minimum absolute atomic E-state index is 0.327. The summed E-state index contributed by atoms with van der Waals surface area (Å²) in [6, 6.07) is 26.1. The van der Waals surface area contributed by atoms with Gasteiger partial charge in [-0.25, -0.2) is 9.78 Å². The second-order valence-corrected chi connectivity index (χ2v) is 11.5. The molecule has 2 bridgehead atoms. The Kier molecular flexibility index (Phi) is 4.84. The lowest BCUT2D eigenvalue weighted by Crippen LogP contribution is -2.53. The van der Waals surface area contributed by atoms with Gasteiger partial charge in [0.1, 0.15) is 0 Å². The SMILES string of the molecule is O=S(=O)(O)c1ccc2c(c1)[C@@]1(c3ccccc3)OO[C@]2(c2ccccc2)c2cc(S(=O)(=O)O)ccc21. The molecule has 2 atom stereocenters. The van der Waals surface area contributed by atoms with Crippen molar-refractivity contribution in [2.75, 3.05) is 0 Å². The molecule has 0 radical (unpaired) electrons. The summed E-state index contributed by atoms with van der Waals surface area (Å²) in [6.07, 6.45) is 0. The monoisotopic (exact) mass is 522 g/mol. The van der Waals surface area contributed by atoms with Crippen LogP contribution in [0.15, 0.2) is 107 Å². The number of benzene rings is 4. The fraction of sp³-hybridized carbons (Fsp3) is 0.0769. The van der Waals surface area contributed by atoms with Crippen molar-refractivity contribution in [3.05, 3.63) is 130 Å². The molecule has 0 amide bonds. The fourth-order valence-corrected chi connectivity index (χ4v) is 6.24. The van der Waals surface area contributed by atoms with E-state index in [1.54, 1.807) is 60.7 Å². The summed E-state index contributed by atoms with van der Waals surface area (Å²) in [4.78, 5) is 11.7. The maximum Gasteiger partial charge on any atom is 0.294 e. The molecule has 7 rings (SSSR count). The second kappa shape index (κ2) is 7.56. The van der Waals surface area contributed by atoms with Crippen LogP contribution in [0.5, 0.6) is 0 Å². The zero-order valence-corrected chi connectivity index (χ0v) is 20.0. The topological polar surface area (TPSA) is 127 Å². The molecule has 0 saturated heterocycles. The van der Waals surface area contributed by atoms with Crippen LogP contribution in [0.1, 0.15) is 33.4 Å². The standard InChI is InChI=1S/C26H18O8S2/c27-35(28,29)19-12-14-22-23(15-19)25(17-7-3-1-4-8-17)21-13-11-20(36(30,31)32)16-24(21)26(22,34-33-25)18-9-5-2-6-10-18/h1-16H,(H,27,28,29)(H,30,31,32)/t25-,26-/m0/s1. The second-order valence-electron chi connectivity index (χ2n) is 8.63. The number of fused-ring (bicyclic) bond motifs is 1. The van der Waals surface area contributed by atoms with E-state index < -0.39 is 31.4 Å². The lowest BCUT2D eigenvalue weighted by molar-refractivity contribution is -0.410. The zero-order valence-electron chi connectivity index (χ0n) is 18.4. The van der Waals surface area contributed by atoms with Crippen LogP contribution in [0, 0.1) is 0 Å². The Morgan fingerprint density at radius 3 is 1.19 bits per heavy atom. The normalized spacial score (nSPS) is 22.6. The van der Waals surface area contributed by atoms with Crippen molar-refractivity contribution in [3.63, 3.8) is 0 Å². The predicted octanol–water partition coefficient (Wildman–Crippen LogP) is 4.04. The summed E-state index contributed by atoms with van der Waals surface area (Å²) in [5.41, 5.74) is -0.0201. The third kappa shape index (κ3) is 3.07. The van der Waals surface area contributed by atoms with E-state index >= 15 is 0 Å². The third-order valence-corrected chi connectivity index (χ3v) is 8.45. The largest absolute Gasteiger partial charge is 0.294 e. The molecule has 3 aliphatic rings. The molecule has 0 spiro atoms. The van der Waals surface area contributed by atoms with E-state index in [0.29, 0.717) is 33.4 Å². The molecule has 0 aromatic heterocycles. The van der Waals surface area contributed by atoms with E-state index in [4.69, 9.17) is 9.78 Å². The van der Waals surface area contributed by atoms with Gasteiger partial charge in [-0.15, -0.1) is 0 Å². The van der Waals surface area contributed by atoms with Gasteiger partial charge in [0.05, 0.1) is 9.79 Å². The van der Waals surface area contributed by atoms with E-state index in [0.717, 1.165) is 0 Å². The molecular weight excluding hydrogens is 504 g/mol. The molecule has 0 saturated carbocycles. The summed E-state index contributed by atoms with van der Waals surface area (Å²) in [7, 11) is -9.12. The lowest BCUT2D eigenvalue weighted by Gasteiger charge is -2.53. The minimum atomic E-state index is -4.56. The number of rotatable bonds is 4. The molecule has 10 heteroatoms. The summed E-state index contributed by atoms with van der Waals surface area (Å²) < 4.78 is 68.1. The van der Waals surface area contributed by atoms with Crippen LogP contribution >= 0.6 is 0 Å². The summed E-state index contributed by atoms with van der Waals surface area (Å²) in [6.45, 7) is 0. The van der Waals surface area contributed by atoms with Gasteiger partial charge in [0.15, 0.2) is 11.2 Å². The molecular formula is C26H18O8S2. The van der Waals surface area contributed by atoms with Crippen LogP contribution in [0.3, 0.4) is 0 Å². The van der Waals surface area contributed by atoms with Crippen molar-refractivity contribution >= 4 is 20.2 Å². The lowest BCUT2D eigenvalue weighted by atomic mass is 9.62. The highest BCUT2D eigenvalue weighted by molar-refractivity contribution is 7.86. The van der Waals surface area contributed by atoms with Crippen molar-refractivity contribution in [1.82, 2.24) is 0 Å². The van der Waals surface area contributed by atoms with Crippen LogP contribution < -0.4 is 0 Å². The predicted molar refractivity (Wildman–Crippen MR) is 127 cm³/mol. The minimum Gasteiger partial charge on any atom is -0.282 e. The smallest absolute Gasteiger partial charge is 0.282 e. The molecule has 4 aromatic carbocycles. The van der Waals surface area contributed by atoms with Crippen molar-refractivity contribution < 1.29 is 35.7 Å². The Hall–Kier alpha value is -3.38. The van der Waals surface area contributed by atoms with Gasteiger partial charge in [-0.1, -0.05) is 72.8 Å². The van der Waals surface area contributed by atoms with Crippen molar-refractivity contribution in [1.29, 1.82) is 0 Å². The Labute approximate surface area is 207 Å². The van der Waals surface area contributed by atoms with Crippen molar-refractivity contribution in [2.45, 2.75) is 21.0 Å². The highest BCUT2D eigenvalue weighted by Crippen LogP contribution is 2.61. The third-order valence-electron chi connectivity index (χ3n) is 6.75. The quantitative estimate of drug-likeness (QED) is 0.304. The molecule has 4 aromatic rings. The molecule has 2 aliphatic heterocycles. The Balaban J connectivity index is 1.81. The van der Waals surface area contributed by atoms with Crippen LogP contribution in [-0.4, -0.2) is 25.9 Å². The first-order chi connectivity index (χ1) is 17.1. The van der Waals surface area contributed by atoms with Gasteiger partial charge < -0.3 is 0 Å². The Morgan fingerprint density at radius 1 is 0.500 bits per heavy atom. The van der Waals surface area contributed by atoms with E-state index in [-0.39, 0.29) is 9.79 Å².